The van der Waals surface area contributed by atoms with Gasteiger partial charge in [0.2, 0.25) is 0 Å². The minimum atomic E-state index is -0.729. The van der Waals surface area contributed by atoms with Crippen molar-refractivity contribution in [2.75, 3.05) is 13.1 Å². The second kappa shape index (κ2) is 10.2. The highest BCUT2D eigenvalue weighted by molar-refractivity contribution is 7.14. The first-order chi connectivity index (χ1) is 15.5. The predicted octanol–water partition coefficient (Wildman–Crippen LogP) is 3.81. The number of amides is 2. The van der Waals surface area contributed by atoms with E-state index in [1.807, 2.05) is 12.1 Å². The van der Waals surface area contributed by atoms with Gasteiger partial charge in [-0.3, -0.25) is 14.4 Å². The number of carboxylic acid groups (broad SMARTS) is 1. The molecule has 2 amide bonds. The molecule has 4 rings (SSSR count). The fourth-order valence-corrected chi connectivity index (χ4v) is 5.00. The maximum atomic E-state index is 12.3. The van der Waals surface area contributed by atoms with E-state index < -0.39 is 5.97 Å². The van der Waals surface area contributed by atoms with Crippen LogP contribution in [-0.2, 0) is 4.79 Å². The standard InChI is InChI=1S/C24H28N2O5S/c27-22(25-13-14-26-23(28)21-12-11-20(32-21)15-1-2-15)16-3-7-18(8-4-16)31-19-9-5-17(6-10-19)24(29)30/h3-4,7-8,11-12,15,17,19H,1-2,5-6,9-10,13-14H2,(H,25,27)(H,26,28)(H,29,30). The van der Waals surface area contributed by atoms with Crippen molar-refractivity contribution in [1.29, 1.82) is 0 Å². The molecule has 1 heterocycles. The van der Waals surface area contributed by atoms with Crippen molar-refractivity contribution in [2.24, 2.45) is 5.92 Å². The van der Waals surface area contributed by atoms with Crippen LogP contribution in [0.15, 0.2) is 36.4 Å². The summed E-state index contributed by atoms with van der Waals surface area (Å²) in [6.07, 6.45) is 5.15. The number of thiophene rings is 1. The van der Waals surface area contributed by atoms with Crippen molar-refractivity contribution >= 4 is 29.1 Å². The Morgan fingerprint density at radius 2 is 1.53 bits per heavy atom. The summed E-state index contributed by atoms with van der Waals surface area (Å²) in [5.74, 6) is 0.0116. The van der Waals surface area contributed by atoms with Gasteiger partial charge < -0.3 is 20.5 Å². The Kier molecular flexibility index (Phi) is 7.09. The van der Waals surface area contributed by atoms with Gasteiger partial charge in [0.1, 0.15) is 5.75 Å². The highest BCUT2D eigenvalue weighted by atomic mass is 32.1. The minimum absolute atomic E-state index is 0.0117. The summed E-state index contributed by atoms with van der Waals surface area (Å²) >= 11 is 1.55. The van der Waals surface area contributed by atoms with E-state index in [4.69, 9.17) is 9.84 Å². The molecule has 3 N–H and O–H groups in total. The molecule has 170 valence electrons. The third kappa shape index (κ3) is 5.88. The monoisotopic (exact) mass is 456 g/mol. The molecule has 8 heteroatoms. The summed E-state index contributed by atoms with van der Waals surface area (Å²) in [6, 6.07) is 10.8. The highest BCUT2D eigenvalue weighted by Crippen LogP contribution is 2.43. The van der Waals surface area contributed by atoms with Crippen molar-refractivity contribution in [1.82, 2.24) is 10.6 Å². The van der Waals surface area contributed by atoms with E-state index in [1.54, 1.807) is 35.6 Å². The van der Waals surface area contributed by atoms with E-state index in [-0.39, 0.29) is 23.8 Å². The molecule has 0 atom stereocenters. The van der Waals surface area contributed by atoms with Gasteiger partial charge in [0.25, 0.3) is 11.8 Å². The van der Waals surface area contributed by atoms with Gasteiger partial charge >= 0.3 is 5.97 Å². The Labute approximate surface area is 191 Å². The quantitative estimate of drug-likeness (QED) is 0.498. The molecule has 32 heavy (non-hydrogen) atoms. The van der Waals surface area contributed by atoms with E-state index in [0.717, 1.165) is 12.8 Å². The first-order valence-electron chi connectivity index (χ1n) is 11.2. The van der Waals surface area contributed by atoms with Crippen molar-refractivity contribution in [2.45, 2.75) is 50.5 Å². The number of hydrogen-bond acceptors (Lipinski definition) is 5. The number of nitrogens with one attached hydrogen (secondary N) is 2. The molecule has 0 bridgehead atoms. The van der Waals surface area contributed by atoms with Crippen LogP contribution in [0.2, 0.25) is 0 Å². The maximum Gasteiger partial charge on any atom is 0.306 e. The molecular weight excluding hydrogens is 428 g/mol. The van der Waals surface area contributed by atoms with Crippen molar-refractivity contribution < 1.29 is 24.2 Å². The van der Waals surface area contributed by atoms with Crippen LogP contribution in [0.5, 0.6) is 5.75 Å². The third-order valence-electron chi connectivity index (χ3n) is 5.97. The number of aliphatic carboxylic acids is 1. The molecule has 1 aromatic heterocycles. The van der Waals surface area contributed by atoms with Gasteiger partial charge in [0.05, 0.1) is 16.9 Å². The topological polar surface area (TPSA) is 105 Å². The van der Waals surface area contributed by atoms with Gasteiger partial charge in [-0.1, -0.05) is 0 Å². The number of carbonyl (C=O) groups is 3. The molecule has 0 radical (unpaired) electrons. The van der Waals surface area contributed by atoms with E-state index in [0.29, 0.717) is 48.0 Å². The van der Waals surface area contributed by atoms with Gasteiger partial charge in [0, 0.05) is 23.5 Å². The molecule has 0 spiro atoms. The van der Waals surface area contributed by atoms with Crippen LogP contribution in [0.1, 0.15) is 69.3 Å². The molecule has 0 aliphatic heterocycles. The van der Waals surface area contributed by atoms with Crippen molar-refractivity contribution in [3.63, 3.8) is 0 Å². The number of benzene rings is 1. The Bertz CT molecular complexity index is 959. The summed E-state index contributed by atoms with van der Waals surface area (Å²) in [4.78, 5) is 37.6. The smallest absolute Gasteiger partial charge is 0.306 e. The summed E-state index contributed by atoms with van der Waals surface area (Å²) in [5.41, 5.74) is 0.519. The molecule has 2 aliphatic rings. The average Bonchev–Trinajstić information content (AvgIpc) is 3.53. The van der Waals surface area contributed by atoms with Crippen LogP contribution in [0.4, 0.5) is 0 Å². The second-order valence-electron chi connectivity index (χ2n) is 8.44. The fourth-order valence-electron chi connectivity index (χ4n) is 3.91. The zero-order chi connectivity index (χ0) is 22.5. The van der Waals surface area contributed by atoms with E-state index >= 15 is 0 Å². The Morgan fingerprint density at radius 1 is 0.875 bits per heavy atom. The summed E-state index contributed by atoms with van der Waals surface area (Å²) < 4.78 is 5.93. The summed E-state index contributed by atoms with van der Waals surface area (Å²) in [6.45, 7) is 0.706. The van der Waals surface area contributed by atoms with Gasteiger partial charge in [-0.2, -0.15) is 0 Å². The van der Waals surface area contributed by atoms with Gasteiger partial charge in [-0.25, -0.2) is 0 Å². The minimum Gasteiger partial charge on any atom is -0.490 e. The molecule has 0 saturated heterocycles. The zero-order valence-corrected chi connectivity index (χ0v) is 18.7. The number of ether oxygens (including phenoxy) is 1. The normalized spacial score (nSPS) is 20.4. The number of carbonyl (C=O) groups excluding carboxylic acids is 2. The molecule has 2 saturated carbocycles. The average molecular weight is 457 g/mol. The van der Waals surface area contributed by atoms with Crippen molar-refractivity contribution in [3.05, 3.63) is 51.7 Å². The highest BCUT2D eigenvalue weighted by Gasteiger charge is 2.27. The van der Waals surface area contributed by atoms with Crippen LogP contribution in [0.25, 0.3) is 0 Å². The van der Waals surface area contributed by atoms with E-state index in [9.17, 15) is 14.4 Å². The summed E-state index contributed by atoms with van der Waals surface area (Å²) in [7, 11) is 0. The predicted molar refractivity (Wildman–Crippen MR) is 121 cm³/mol. The lowest BCUT2D eigenvalue weighted by Crippen LogP contribution is -2.34. The van der Waals surface area contributed by atoms with Gasteiger partial charge in [-0.15, -0.1) is 11.3 Å². The van der Waals surface area contributed by atoms with E-state index in [2.05, 4.69) is 10.6 Å². The number of carboxylic acids is 1. The summed E-state index contributed by atoms with van der Waals surface area (Å²) in [5, 5.41) is 14.7. The van der Waals surface area contributed by atoms with Gasteiger partial charge in [-0.05, 0) is 80.8 Å². The van der Waals surface area contributed by atoms with Crippen LogP contribution < -0.4 is 15.4 Å². The fraction of sp³-hybridized carbons (Fsp3) is 0.458. The molecule has 2 aromatic rings. The van der Waals surface area contributed by atoms with E-state index in [1.165, 1.54) is 17.7 Å². The first-order valence-corrected chi connectivity index (χ1v) is 12.0. The molecule has 7 nitrogen and oxygen atoms in total. The molecule has 2 aliphatic carbocycles. The lowest BCUT2D eigenvalue weighted by molar-refractivity contribution is -0.143. The largest absolute Gasteiger partial charge is 0.490 e. The molecule has 0 unspecified atom stereocenters. The van der Waals surface area contributed by atoms with Gasteiger partial charge in [0.15, 0.2) is 0 Å². The second-order valence-corrected chi connectivity index (χ2v) is 9.56. The Balaban J connectivity index is 1.16. The Hall–Kier alpha value is -2.87. The lowest BCUT2D eigenvalue weighted by atomic mass is 9.87. The van der Waals surface area contributed by atoms with Crippen LogP contribution in [-0.4, -0.2) is 42.1 Å². The van der Waals surface area contributed by atoms with Crippen molar-refractivity contribution in [3.8, 4) is 5.75 Å². The third-order valence-corrected chi connectivity index (χ3v) is 7.22. The lowest BCUT2D eigenvalue weighted by Gasteiger charge is -2.26. The Morgan fingerprint density at radius 3 is 2.16 bits per heavy atom. The SMILES string of the molecule is O=C(NCCNC(=O)c1ccc(C2CC2)s1)c1ccc(OC2CCC(C(=O)O)CC2)cc1. The van der Waals surface area contributed by atoms with Crippen LogP contribution >= 0.6 is 11.3 Å². The molecular formula is C24H28N2O5S. The van der Waals surface area contributed by atoms with Crippen LogP contribution in [0, 0.1) is 5.92 Å². The number of rotatable bonds is 9. The molecule has 1 aromatic carbocycles. The number of hydrogen-bond donors (Lipinski definition) is 3. The first kappa shape index (κ1) is 22.3. The zero-order valence-electron chi connectivity index (χ0n) is 17.8. The van der Waals surface area contributed by atoms with Crippen LogP contribution in [0.3, 0.4) is 0 Å². The molecule has 2 fully saturated rings. The maximum absolute atomic E-state index is 12.3.